The molecule has 0 radical (unpaired) electrons. The van der Waals surface area contributed by atoms with Gasteiger partial charge in [-0.1, -0.05) is 30.3 Å². The number of rotatable bonds is 7. The van der Waals surface area contributed by atoms with Crippen LogP contribution >= 0.6 is 15.9 Å². The lowest BCUT2D eigenvalue weighted by molar-refractivity contribution is -0.139. The summed E-state index contributed by atoms with van der Waals surface area (Å²) in [6, 6.07) is 13.1. The first-order chi connectivity index (χ1) is 14.5. The minimum Gasteiger partial charge on any atom is -0.342 e. The van der Waals surface area contributed by atoms with Crippen LogP contribution in [0, 0.1) is 5.92 Å². The van der Waals surface area contributed by atoms with E-state index < -0.39 is 0 Å². The number of benzene rings is 1. The summed E-state index contributed by atoms with van der Waals surface area (Å²) in [5.74, 6) is 0.414. The fraction of sp³-hybridized carbons (Fsp3) is 0.435. The second-order valence-electron chi connectivity index (χ2n) is 7.51. The van der Waals surface area contributed by atoms with Crippen LogP contribution in [0.4, 0.5) is 5.82 Å². The zero-order valence-corrected chi connectivity index (χ0v) is 19.1. The third kappa shape index (κ3) is 5.46. The average molecular weight is 473 g/mol. The van der Waals surface area contributed by atoms with Gasteiger partial charge in [0.25, 0.3) is 0 Å². The first-order valence-corrected chi connectivity index (χ1v) is 11.3. The predicted molar refractivity (Wildman–Crippen MR) is 122 cm³/mol. The van der Waals surface area contributed by atoms with Crippen molar-refractivity contribution in [1.29, 1.82) is 0 Å². The molecule has 2 unspecified atom stereocenters. The summed E-state index contributed by atoms with van der Waals surface area (Å²) < 4.78 is 0.866. The van der Waals surface area contributed by atoms with Crippen LogP contribution in [-0.4, -0.2) is 52.8 Å². The number of carbonyl (C=O) groups excluding carboxylic acids is 2. The molecule has 1 aromatic heterocycles. The number of anilines is 1. The van der Waals surface area contributed by atoms with Crippen molar-refractivity contribution in [2.24, 2.45) is 5.92 Å². The number of piperidine rings is 1. The smallest absolute Gasteiger partial charge is 0.244 e. The average Bonchev–Trinajstić information content (AvgIpc) is 2.77. The maximum atomic E-state index is 13.4. The number of likely N-dealkylation sites (N-methyl/N-ethyl adjacent to an activating group) is 1. The molecule has 0 aliphatic carbocycles. The Kier molecular flexibility index (Phi) is 7.99. The molecular weight excluding hydrogens is 444 g/mol. The number of likely N-dealkylation sites (tertiary alicyclic amines) is 1. The van der Waals surface area contributed by atoms with Crippen LogP contribution in [0.1, 0.15) is 38.3 Å². The zero-order valence-electron chi connectivity index (χ0n) is 17.6. The zero-order chi connectivity index (χ0) is 21.5. The molecule has 7 heteroatoms. The molecule has 3 rings (SSSR count). The third-order valence-electron chi connectivity index (χ3n) is 5.59. The summed E-state index contributed by atoms with van der Waals surface area (Å²) >= 11 is 3.35. The number of pyridine rings is 1. The molecule has 1 N–H and O–H groups in total. The number of nitrogens with one attached hydrogen (secondary N) is 1. The Morgan fingerprint density at radius 2 is 1.93 bits per heavy atom. The molecule has 1 aliphatic rings. The minimum atomic E-state index is -0.368. The fourth-order valence-corrected chi connectivity index (χ4v) is 4.22. The van der Waals surface area contributed by atoms with Crippen molar-refractivity contribution in [3.63, 3.8) is 0 Å². The first kappa shape index (κ1) is 22.4. The number of nitrogens with zero attached hydrogens (tertiary/aromatic N) is 3. The van der Waals surface area contributed by atoms with E-state index in [1.54, 1.807) is 12.3 Å². The van der Waals surface area contributed by atoms with Crippen molar-refractivity contribution in [1.82, 2.24) is 14.8 Å². The third-order valence-corrected chi connectivity index (χ3v) is 6.06. The number of hydrogen-bond acceptors (Lipinski definition) is 4. The highest BCUT2D eigenvalue weighted by Crippen LogP contribution is 2.29. The normalized spacial score (nSPS) is 17.9. The van der Waals surface area contributed by atoms with Crippen LogP contribution in [-0.2, 0) is 9.59 Å². The summed E-state index contributed by atoms with van der Waals surface area (Å²) in [4.78, 5) is 34.5. The highest BCUT2D eigenvalue weighted by molar-refractivity contribution is 9.10. The van der Waals surface area contributed by atoms with E-state index in [0.29, 0.717) is 25.5 Å². The van der Waals surface area contributed by atoms with Crippen LogP contribution < -0.4 is 5.32 Å². The van der Waals surface area contributed by atoms with Gasteiger partial charge in [0.05, 0.1) is 5.92 Å². The van der Waals surface area contributed by atoms with Gasteiger partial charge in [-0.15, -0.1) is 0 Å². The Morgan fingerprint density at radius 3 is 2.57 bits per heavy atom. The number of aromatic nitrogens is 1. The summed E-state index contributed by atoms with van der Waals surface area (Å²) in [6.07, 6.45) is 3.34. The first-order valence-electron chi connectivity index (χ1n) is 10.5. The molecule has 2 atom stereocenters. The van der Waals surface area contributed by atoms with E-state index in [0.717, 1.165) is 29.4 Å². The second kappa shape index (κ2) is 10.7. The van der Waals surface area contributed by atoms with E-state index in [1.165, 1.54) is 0 Å². The van der Waals surface area contributed by atoms with Gasteiger partial charge in [-0.05, 0) is 66.9 Å². The Hall–Kier alpha value is -2.25. The van der Waals surface area contributed by atoms with Crippen molar-refractivity contribution in [2.45, 2.75) is 32.7 Å². The lowest BCUT2D eigenvalue weighted by Gasteiger charge is -2.39. The van der Waals surface area contributed by atoms with Gasteiger partial charge in [-0.25, -0.2) is 4.98 Å². The number of hydrogen-bond donors (Lipinski definition) is 1. The number of amides is 2. The van der Waals surface area contributed by atoms with Crippen LogP contribution in [0.2, 0.25) is 0 Å². The topological polar surface area (TPSA) is 65.5 Å². The Morgan fingerprint density at radius 1 is 1.20 bits per heavy atom. The van der Waals surface area contributed by atoms with Crippen LogP contribution in [0.15, 0.2) is 53.1 Å². The molecule has 0 saturated carbocycles. The molecule has 160 valence electrons. The SMILES string of the molecule is CCN(CC)C(=O)C(c1ccccc1)N1CCCC(C(=O)Nc2ccc(Br)cn2)C1. The molecule has 1 saturated heterocycles. The van der Waals surface area contributed by atoms with Crippen molar-refractivity contribution in [3.05, 3.63) is 58.7 Å². The molecule has 2 amide bonds. The summed E-state index contributed by atoms with van der Waals surface area (Å²) in [5, 5.41) is 2.92. The molecule has 0 spiro atoms. The molecule has 6 nitrogen and oxygen atoms in total. The van der Waals surface area contributed by atoms with Crippen LogP contribution in [0.5, 0.6) is 0 Å². The standard InChI is InChI=1S/C23H29BrN4O2/c1-3-27(4-2)23(30)21(17-9-6-5-7-10-17)28-14-8-11-18(16-28)22(29)26-20-13-12-19(24)15-25-20/h5-7,9-10,12-13,15,18,21H,3-4,8,11,14,16H2,1-2H3,(H,25,26,29). The van der Waals surface area contributed by atoms with Gasteiger partial charge < -0.3 is 10.2 Å². The molecule has 1 aliphatic heterocycles. The Labute approximate surface area is 186 Å². The highest BCUT2D eigenvalue weighted by atomic mass is 79.9. The van der Waals surface area contributed by atoms with Gasteiger partial charge in [0.2, 0.25) is 11.8 Å². The molecule has 2 heterocycles. The van der Waals surface area contributed by atoms with E-state index in [1.807, 2.05) is 55.1 Å². The number of halogens is 1. The molecule has 1 aromatic carbocycles. The Bertz CT molecular complexity index is 840. The molecular formula is C23H29BrN4O2. The monoisotopic (exact) mass is 472 g/mol. The van der Waals surface area contributed by atoms with E-state index in [4.69, 9.17) is 0 Å². The van der Waals surface area contributed by atoms with Gasteiger partial charge >= 0.3 is 0 Å². The maximum absolute atomic E-state index is 13.4. The molecule has 0 bridgehead atoms. The second-order valence-corrected chi connectivity index (χ2v) is 8.42. The minimum absolute atomic E-state index is 0.0448. The largest absolute Gasteiger partial charge is 0.342 e. The predicted octanol–water partition coefficient (Wildman–Crippen LogP) is 4.10. The summed E-state index contributed by atoms with van der Waals surface area (Å²) in [7, 11) is 0. The van der Waals surface area contributed by atoms with Gasteiger partial charge in [0, 0.05) is 30.3 Å². The van der Waals surface area contributed by atoms with Gasteiger partial charge in [0.15, 0.2) is 0 Å². The van der Waals surface area contributed by atoms with Gasteiger partial charge in [0.1, 0.15) is 11.9 Å². The van der Waals surface area contributed by atoms with Crippen LogP contribution in [0.25, 0.3) is 0 Å². The van der Waals surface area contributed by atoms with E-state index in [-0.39, 0.29) is 23.8 Å². The van der Waals surface area contributed by atoms with E-state index in [2.05, 4.69) is 31.1 Å². The van der Waals surface area contributed by atoms with Crippen molar-refractivity contribution in [3.8, 4) is 0 Å². The van der Waals surface area contributed by atoms with Crippen LogP contribution in [0.3, 0.4) is 0 Å². The van der Waals surface area contributed by atoms with E-state index in [9.17, 15) is 9.59 Å². The summed E-state index contributed by atoms with van der Waals surface area (Å²) in [6.45, 7) is 6.70. The number of carbonyl (C=O) groups is 2. The van der Waals surface area contributed by atoms with Crippen molar-refractivity contribution < 1.29 is 9.59 Å². The van der Waals surface area contributed by atoms with Gasteiger partial charge in [-0.3, -0.25) is 14.5 Å². The van der Waals surface area contributed by atoms with Crippen molar-refractivity contribution >= 4 is 33.6 Å². The molecule has 2 aromatic rings. The molecule has 30 heavy (non-hydrogen) atoms. The summed E-state index contributed by atoms with van der Waals surface area (Å²) in [5.41, 5.74) is 0.977. The maximum Gasteiger partial charge on any atom is 0.244 e. The molecule has 1 fully saturated rings. The van der Waals surface area contributed by atoms with E-state index >= 15 is 0 Å². The lowest BCUT2D eigenvalue weighted by atomic mass is 9.93. The quantitative estimate of drug-likeness (QED) is 0.658. The Balaban J connectivity index is 1.77. The highest BCUT2D eigenvalue weighted by Gasteiger charge is 2.35. The lowest BCUT2D eigenvalue weighted by Crippen LogP contribution is -2.48. The van der Waals surface area contributed by atoms with Gasteiger partial charge in [-0.2, -0.15) is 0 Å². The van der Waals surface area contributed by atoms with Crippen molar-refractivity contribution in [2.75, 3.05) is 31.5 Å². The fourth-order valence-electron chi connectivity index (χ4n) is 3.99.